The molecular formula is C29H28FN7O. The minimum atomic E-state index is -0.341. The molecule has 3 aromatic heterocycles. The topological polar surface area (TPSA) is 72.1 Å². The van der Waals surface area contributed by atoms with Crippen LogP contribution in [0.4, 0.5) is 10.2 Å². The third-order valence-electron chi connectivity index (χ3n) is 8.07. The number of hydrogen-bond acceptors (Lipinski definition) is 5. The highest BCUT2D eigenvalue weighted by atomic mass is 19.1. The first-order chi connectivity index (χ1) is 18.4. The average Bonchev–Trinajstić information content (AvgIpc) is 3.49. The van der Waals surface area contributed by atoms with Crippen LogP contribution in [0.1, 0.15) is 25.3 Å². The molecule has 8 nitrogen and oxygen atoms in total. The van der Waals surface area contributed by atoms with Gasteiger partial charge >= 0.3 is 0 Å². The Morgan fingerprint density at radius 2 is 1.87 bits per heavy atom. The number of aromatic nitrogens is 5. The van der Waals surface area contributed by atoms with E-state index in [0.29, 0.717) is 16.8 Å². The number of aryl methyl sites for hydroxylation is 2. The molecule has 192 valence electrons. The van der Waals surface area contributed by atoms with Crippen molar-refractivity contribution in [2.45, 2.75) is 38.8 Å². The van der Waals surface area contributed by atoms with Gasteiger partial charge in [-0.15, -0.1) is 0 Å². The van der Waals surface area contributed by atoms with Gasteiger partial charge in [-0.1, -0.05) is 18.2 Å². The van der Waals surface area contributed by atoms with Crippen LogP contribution in [0.3, 0.4) is 0 Å². The summed E-state index contributed by atoms with van der Waals surface area (Å²) in [6.45, 7) is 5.28. The molecule has 2 atom stereocenters. The molecule has 2 aromatic carbocycles. The van der Waals surface area contributed by atoms with Crippen LogP contribution in [-0.4, -0.2) is 60.5 Å². The summed E-state index contributed by atoms with van der Waals surface area (Å²) in [6, 6.07) is 13.7. The summed E-state index contributed by atoms with van der Waals surface area (Å²) in [7, 11) is 1.83. The van der Waals surface area contributed by atoms with Gasteiger partial charge in [-0.05, 0) is 43.5 Å². The van der Waals surface area contributed by atoms with Gasteiger partial charge in [0.2, 0.25) is 5.91 Å². The normalized spacial score (nSPS) is 19.2. The van der Waals surface area contributed by atoms with Crippen molar-refractivity contribution in [2.24, 2.45) is 7.05 Å². The molecule has 8 rings (SSSR count). The number of anilines is 1. The summed E-state index contributed by atoms with van der Waals surface area (Å²) in [5.41, 5.74) is 4.90. The summed E-state index contributed by atoms with van der Waals surface area (Å²) in [6.07, 6.45) is 5.88. The minimum Gasteiger partial charge on any atom is -0.350 e. The highest BCUT2D eigenvalue weighted by Gasteiger charge is 2.40. The van der Waals surface area contributed by atoms with E-state index in [9.17, 15) is 9.18 Å². The zero-order chi connectivity index (χ0) is 26.1. The van der Waals surface area contributed by atoms with Crippen molar-refractivity contribution < 1.29 is 9.18 Å². The molecule has 1 amide bonds. The van der Waals surface area contributed by atoms with Gasteiger partial charge in [0.25, 0.3) is 0 Å². The number of piperidine rings is 2. The molecule has 0 saturated carbocycles. The number of rotatable bonds is 3. The maximum atomic E-state index is 14.6. The van der Waals surface area contributed by atoms with Crippen molar-refractivity contribution in [3.63, 3.8) is 0 Å². The largest absolute Gasteiger partial charge is 0.350 e. The summed E-state index contributed by atoms with van der Waals surface area (Å²) >= 11 is 0. The molecule has 0 aliphatic carbocycles. The van der Waals surface area contributed by atoms with E-state index in [4.69, 9.17) is 10.1 Å². The Hall–Kier alpha value is -4.27. The van der Waals surface area contributed by atoms with Gasteiger partial charge in [-0.2, -0.15) is 10.2 Å². The van der Waals surface area contributed by atoms with Crippen LogP contribution in [-0.2, 0) is 11.8 Å². The number of para-hydroxylation sites is 1. The van der Waals surface area contributed by atoms with Crippen LogP contribution in [0.25, 0.3) is 38.8 Å². The number of amides is 1. The average molecular weight is 510 g/mol. The summed E-state index contributed by atoms with van der Waals surface area (Å²) in [5, 5.41) is 11.2. The second-order valence-electron chi connectivity index (χ2n) is 10.5. The second kappa shape index (κ2) is 8.37. The molecule has 5 aromatic rings. The van der Waals surface area contributed by atoms with E-state index in [1.807, 2.05) is 53.3 Å². The molecule has 38 heavy (non-hydrogen) atoms. The summed E-state index contributed by atoms with van der Waals surface area (Å²) < 4.78 is 18.2. The quantitative estimate of drug-likeness (QED) is 0.355. The maximum Gasteiger partial charge on any atom is 0.219 e. The predicted octanol–water partition coefficient (Wildman–Crippen LogP) is 4.62. The van der Waals surface area contributed by atoms with Crippen LogP contribution in [0.2, 0.25) is 0 Å². The Morgan fingerprint density at radius 3 is 2.61 bits per heavy atom. The SMILES string of the molecule is CC(=O)N1CC2CCC1CN2c1ccc(-n2nc(-c3cc(F)cc4nn(C)cc34)c3cccc(C)c32)cn1. The Bertz CT molecular complexity index is 1720. The molecule has 0 N–H and O–H groups in total. The molecule has 3 aliphatic rings. The van der Waals surface area contributed by atoms with Gasteiger partial charge in [0, 0.05) is 67.7 Å². The number of piperazine rings is 1. The molecule has 2 unspecified atom stereocenters. The van der Waals surface area contributed by atoms with Crippen molar-refractivity contribution in [3.8, 4) is 16.9 Å². The van der Waals surface area contributed by atoms with E-state index in [0.717, 1.165) is 59.3 Å². The maximum absolute atomic E-state index is 14.6. The van der Waals surface area contributed by atoms with Crippen LogP contribution >= 0.6 is 0 Å². The molecular weight excluding hydrogens is 481 g/mol. The zero-order valence-electron chi connectivity index (χ0n) is 21.6. The van der Waals surface area contributed by atoms with E-state index in [1.165, 1.54) is 12.1 Å². The Labute approximate surface area is 219 Å². The predicted molar refractivity (Wildman–Crippen MR) is 145 cm³/mol. The van der Waals surface area contributed by atoms with Gasteiger partial charge < -0.3 is 9.80 Å². The van der Waals surface area contributed by atoms with Gasteiger partial charge in [-0.25, -0.2) is 14.1 Å². The number of nitrogens with zero attached hydrogens (tertiary/aromatic N) is 7. The number of hydrogen-bond donors (Lipinski definition) is 0. The molecule has 0 spiro atoms. The Balaban J connectivity index is 1.31. The van der Waals surface area contributed by atoms with Gasteiger partial charge in [0.1, 0.15) is 17.3 Å². The van der Waals surface area contributed by atoms with E-state index in [-0.39, 0.29) is 23.8 Å². The summed E-state index contributed by atoms with van der Waals surface area (Å²) in [4.78, 5) is 21.2. The van der Waals surface area contributed by atoms with Gasteiger partial charge in [0.05, 0.1) is 22.9 Å². The monoisotopic (exact) mass is 509 g/mol. The molecule has 3 aliphatic heterocycles. The first-order valence-corrected chi connectivity index (χ1v) is 13.0. The zero-order valence-corrected chi connectivity index (χ0v) is 21.6. The number of pyridine rings is 1. The van der Waals surface area contributed by atoms with Crippen molar-refractivity contribution in [2.75, 3.05) is 18.0 Å². The molecule has 6 heterocycles. The lowest BCUT2D eigenvalue weighted by Gasteiger charge is -2.51. The highest BCUT2D eigenvalue weighted by molar-refractivity contribution is 6.03. The van der Waals surface area contributed by atoms with E-state index in [1.54, 1.807) is 11.6 Å². The van der Waals surface area contributed by atoms with Crippen LogP contribution in [0.15, 0.2) is 54.9 Å². The van der Waals surface area contributed by atoms with Crippen LogP contribution in [0.5, 0.6) is 0 Å². The number of carbonyl (C=O) groups excluding carboxylic acids is 1. The molecule has 0 radical (unpaired) electrons. The smallest absolute Gasteiger partial charge is 0.219 e. The first kappa shape index (κ1) is 22.9. The lowest BCUT2D eigenvalue weighted by atomic mass is 9.90. The number of benzene rings is 2. The van der Waals surface area contributed by atoms with Crippen LogP contribution < -0.4 is 4.90 Å². The van der Waals surface area contributed by atoms with E-state index < -0.39 is 0 Å². The standard InChI is InChI=1S/C29H28FN7O/c1-17-5-4-6-23-28(24-11-19(30)12-26-25(24)16-34(3)32-26)33-37(29(17)23)20-9-10-27(31-13-20)36-15-21-7-8-22(36)14-35(21)18(2)38/h4-6,9-13,16,21-22H,7-8,14-15H2,1-3H3. The van der Waals surface area contributed by atoms with Crippen molar-refractivity contribution >= 4 is 33.5 Å². The fourth-order valence-corrected chi connectivity index (χ4v) is 6.29. The number of fused-ring (bicyclic) bond motifs is 5. The molecule has 3 saturated heterocycles. The van der Waals surface area contributed by atoms with Crippen LogP contribution in [0, 0.1) is 12.7 Å². The highest BCUT2D eigenvalue weighted by Crippen LogP contribution is 2.37. The van der Waals surface area contributed by atoms with Crippen molar-refractivity contribution in [1.82, 2.24) is 29.4 Å². The molecule has 3 fully saturated rings. The lowest BCUT2D eigenvalue weighted by Crippen LogP contribution is -2.64. The summed E-state index contributed by atoms with van der Waals surface area (Å²) in [5.74, 6) is 0.732. The van der Waals surface area contributed by atoms with E-state index in [2.05, 4.69) is 23.0 Å². The second-order valence-corrected chi connectivity index (χ2v) is 10.5. The lowest BCUT2D eigenvalue weighted by molar-refractivity contribution is -0.133. The Morgan fingerprint density at radius 1 is 1.03 bits per heavy atom. The van der Waals surface area contributed by atoms with Gasteiger partial charge in [-0.3, -0.25) is 9.48 Å². The minimum absolute atomic E-state index is 0.154. The fraction of sp³-hybridized carbons (Fsp3) is 0.310. The Kier molecular flexibility index (Phi) is 5.04. The van der Waals surface area contributed by atoms with Crippen molar-refractivity contribution in [3.05, 3.63) is 66.2 Å². The fourth-order valence-electron chi connectivity index (χ4n) is 6.29. The first-order valence-electron chi connectivity index (χ1n) is 13.0. The van der Waals surface area contributed by atoms with E-state index >= 15 is 0 Å². The number of carbonyl (C=O) groups is 1. The molecule has 2 bridgehead atoms. The van der Waals surface area contributed by atoms with Gasteiger partial charge in [0.15, 0.2) is 0 Å². The third kappa shape index (κ3) is 3.48. The van der Waals surface area contributed by atoms with Crippen molar-refractivity contribution in [1.29, 1.82) is 0 Å². The number of halogens is 1. The third-order valence-corrected chi connectivity index (χ3v) is 8.07. The molecule has 9 heteroatoms.